The van der Waals surface area contributed by atoms with E-state index in [1.165, 1.54) is 0 Å². The van der Waals surface area contributed by atoms with Crippen molar-refractivity contribution < 1.29 is 14.3 Å². The van der Waals surface area contributed by atoms with E-state index in [4.69, 9.17) is 4.74 Å². The second-order valence-corrected chi connectivity index (χ2v) is 6.22. The van der Waals surface area contributed by atoms with Crippen molar-refractivity contribution in [1.82, 2.24) is 0 Å². The number of esters is 1. The molecule has 2 rings (SSSR count). The maximum atomic E-state index is 11.8. The highest BCUT2D eigenvalue weighted by atomic mass is 16.5. The van der Waals surface area contributed by atoms with Gasteiger partial charge in [-0.3, -0.25) is 4.79 Å². The molecule has 0 radical (unpaired) electrons. The quantitative estimate of drug-likeness (QED) is 0.624. The molecule has 1 aliphatic rings. The Balaban J connectivity index is 2.50. The highest BCUT2D eigenvalue weighted by Gasteiger charge is 2.41. The number of hydrogen-bond donors (Lipinski definition) is 0. The number of ketones is 1. The summed E-state index contributed by atoms with van der Waals surface area (Å²) in [5.74, 6) is 1.00. The van der Waals surface area contributed by atoms with E-state index in [1.807, 2.05) is 18.2 Å². The maximum absolute atomic E-state index is 11.8. The number of aryl methyl sites for hydroxylation is 1. The van der Waals surface area contributed by atoms with Gasteiger partial charge < -0.3 is 9.53 Å². The molecule has 0 fully saturated rings. The highest BCUT2D eigenvalue weighted by molar-refractivity contribution is 5.79. The van der Waals surface area contributed by atoms with E-state index in [0.717, 1.165) is 11.1 Å². The summed E-state index contributed by atoms with van der Waals surface area (Å²) in [5.41, 5.74) is 2.01. The fraction of sp³-hybridized carbons (Fsp3) is 0.529. The Kier molecular flexibility index (Phi) is 3.98. The van der Waals surface area contributed by atoms with Gasteiger partial charge in [-0.1, -0.05) is 32.9 Å². The Morgan fingerprint density at radius 1 is 1.40 bits per heavy atom. The van der Waals surface area contributed by atoms with Crippen LogP contribution in [0, 0.1) is 5.92 Å². The van der Waals surface area contributed by atoms with E-state index >= 15 is 0 Å². The molecule has 1 aromatic carbocycles. The van der Waals surface area contributed by atoms with Crippen LogP contribution in [0.2, 0.25) is 0 Å². The molecule has 0 saturated heterocycles. The fourth-order valence-corrected chi connectivity index (χ4v) is 2.87. The van der Waals surface area contributed by atoms with Gasteiger partial charge in [0.15, 0.2) is 0 Å². The van der Waals surface area contributed by atoms with Crippen LogP contribution in [0.3, 0.4) is 0 Å². The number of fused-ring (bicyclic) bond motifs is 1. The van der Waals surface area contributed by atoms with Gasteiger partial charge in [0.1, 0.15) is 11.5 Å². The zero-order chi connectivity index (χ0) is 14.9. The van der Waals surface area contributed by atoms with Gasteiger partial charge in [-0.25, -0.2) is 0 Å². The number of ether oxygens (including phenoxy) is 1. The molecule has 0 aromatic heterocycles. The first-order valence-corrected chi connectivity index (χ1v) is 7.17. The van der Waals surface area contributed by atoms with Gasteiger partial charge >= 0.3 is 5.97 Å². The van der Waals surface area contributed by atoms with Crippen LogP contribution in [0.4, 0.5) is 0 Å². The topological polar surface area (TPSA) is 43.4 Å². The minimum absolute atomic E-state index is 0.169. The van der Waals surface area contributed by atoms with Gasteiger partial charge in [-0.2, -0.15) is 0 Å². The van der Waals surface area contributed by atoms with Crippen LogP contribution < -0.4 is 4.74 Å². The van der Waals surface area contributed by atoms with Crippen molar-refractivity contribution in [2.45, 2.75) is 52.4 Å². The van der Waals surface area contributed by atoms with Crippen molar-refractivity contribution in [3.63, 3.8) is 0 Å². The lowest BCUT2D eigenvalue weighted by molar-refractivity contribution is -0.137. The Labute approximate surface area is 120 Å². The summed E-state index contributed by atoms with van der Waals surface area (Å²) >= 11 is 0. The van der Waals surface area contributed by atoms with Crippen LogP contribution in [0.25, 0.3) is 0 Å². The van der Waals surface area contributed by atoms with Gasteiger partial charge in [0, 0.05) is 17.4 Å². The number of carbonyl (C=O) groups is 2. The van der Waals surface area contributed by atoms with E-state index in [-0.39, 0.29) is 17.2 Å². The second kappa shape index (κ2) is 5.39. The molecule has 0 amide bonds. The number of benzene rings is 1. The molecular weight excluding hydrogens is 252 g/mol. The largest absolute Gasteiger partial charge is 0.426 e. The third kappa shape index (κ3) is 2.62. The minimum atomic E-state index is -0.224. The number of Topliss-reactive ketones (excluding diaryl/α,β-unsaturated/α-hetero) is 1. The molecule has 0 N–H and O–H groups in total. The van der Waals surface area contributed by atoms with E-state index in [2.05, 4.69) is 20.8 Å². The third-order valence-corrected chi connectivity index (χ3v) is 4.44. The molecule has 1 atom stereocenters. The summed E-state index contributed by atoms with van der Waals surface area (Å²) < 4.78 is 5.40. The van der Waals surface area contributed by atoms with Crippen LogP contribution in [0.1, 0.15) is 51.7 Å². The lowest BCUT2D eigenvalue weighted by Gasteiger charge is -2.39. The second-order valence-electron chi connectivity index (χ2n) is 6.22. The molecule has 20 heavy (non-hydrogen) atoms. The van der Waals surface area contributed by atoms with Crippen molar-refractivity contribution in [2.75, 3.05) is 0 Å². The van der Waals surface area contributed by atoms with Crippen LogP contribution in [0.15, 0.2) is 18.2 Å². The summed E-state index contributed by atoms with van der Waals surface area (Å²) in [5, 5.41) is 0. The monoisotopic (exact) mass is 274 g/mol. The SMILES string of the molecule is CC(=O)CCc1cccc2c1[C@](C)(C(C)C)CC(=O)O2. The van der Waals surface area contributed by atoms with Crippen LogP contribution >= 0.6 is 0 Å². The zero-order valence-electron chi connectivity index (χ0n) is 12.7. The first-order chi connectivity index (χ1) is 9.34. The summed E-state index contributed by atoms with van der Waals surface area (Å²) in [4.78, 5) is 23.1. The molecule has 0 bridgehead atoms. The molecular formula is C17H22O3. The Bertz CT molecular complexity index is 545. The molecule has 0 aliphatic carbocycles. The fourth-order valence-electron chi connectivity index (χ4n) is 2.87. The molecule has 0 spiro atoms. The van der Waals surface area contributed by atoms with Gasteiger partial charge in [0.2, 0.25) is 0 Å². The Morgan fingerprint density at radius 2 is 2.10 bits per heavy atom. The Morgan fingerprint density at radius 3 is 2.70 bits per heavy atom. The van der Waals surface area contributed by atoms with Gasteiger partial charge in [-0.05, 0) is 30.9 Å². The molecule has 1 aliphatic heterocycles. The summed E-state index contributed by atoms with van der Waals surface area (Å²) in [6.07, 6.45) is 1.63. The van der Waals surface area contributed by atoms with E-state index < -0.39 is 0 Å². The predicted octanol–water partition coefficient (Wildman–Crippen LogP) is 3.43. The molecule has 1 heterocycles. The standard InChI is InChI=1S/C17H22O3/c1-11(2)17(4)10-15(19)20-14-7-5-6-13(16(14)17)9-8-12(3)18/h5-7,11H,8-10H2,1-4H3/t17-/m0/s1. The van der Waals surface area contributed by atoms with Crippen molar-refractivity contribution >= 4 is 11.8 Å². The van der Waals surface area contributed by atoms with Crippen molar-refractivity contribution in [3.05, 3.63) is 29.3 Å². The zero-order valence-corrected chi connectivity index (χ0v) is 12.7. The van der Waals surface area contributed by atoms with Crippen LogP contribution in [0.5, 0.6) is 5.75 Å². The highest BCUT2D eigenvalue weighted by Crippen LogP contribution is 2.46. The maximum Gasteiger partial charge on any atom is 0.312 e. The summed E-state index contributed by atoms with van der Waals surface area (Å²) in [6.45, 7) is 7.99. The van der Waals surface area contributed by atoms with Crippen molar-refractivity contribution in [1.29, 1.82) is 0 Å². The van der Waals surface area contributed by atoms with Crippen molar-refractivity contribution in [2.24, 2.45) is 5.92 Å². The average molecular weight is 274 g/mol. The summed E-state index contributed by atoms with van der Waals surface area (Å²) in [7, 11) is 0. The smallest absolute Gasteiger partial charge is 0.312 e. The van der Waals surface area contributed by atoms with Crippen LogP contribution in [-0.2, 0) is 21.4 Å². The van der Waals surface area contributed by atoms with E-state index in [0.29, 0.717) is 30.9 Å². The number of rotatable bonds is 4. The first kappa shape index (κ1) is 14.8. The lowest BCUT2D eigenvalue weighted by atomic mass is 9.67. The van der Waals surface area contributed by atoms with E-state index in [9.17, 15) is 9.59 Å². The molecule has 3 heteroatoms. The molecule has 1 aromatic rings. The van der Waals surface area contributed by atoms with Gasteiger partial charge in [0.25, 0.3) is 0 Å². The molecule has 0 unspecified atom stereocenters. The Hall–Kier alpha value is -1.64. The average Bonchev–Trinajstić information content (AvgIpc) is 2.35. The van der Waals surface area contributed by atoms with Gasteiger partial charge in [-0.15, -0.1) is 0 Å². The number of hydrogen-bond acceptors (Lipinski definition) is 3. The summed E-state index contributed by atoms with van der Waals surface area (Å²) in [6, 6.07) is 5.79. The lowest BCUT2D eigenvalue weighted by Crippen LogP contribution is -2.38. The third-order valence-electron chi connectivity index (χ3n) is 4.44. The molecule has 3 nitrogen and oxygen atoms in total. The molecule has 0 saturated carbocycles. The normalized spacial score (nSPS) is 21.6. The van der Waals surface area contributed by atoms with E-state index in [1.54, 1.807) is 6.92 Å². The molecule has 108 valence electrons. The first-order valence-electron chi connectivity index (χ1n) is 7.17. The number of carbonyl (C=O) groups excluding carboxylic acids is 2. The van der Waals surface area contributed by atoms with Crippen LogP contribution in [-0.4, -0.2) is 11.8 Å². The van der Waals surface area contributed by atoms with Gasteiger partial charge in [0.05, 0.1) is 6.42 Å². The predicted molar refractivity (Wildman–Crippen MR) is 77.9 cm³/mol. The minimum Gasteiger partial charge on any atom is -0.426 e. The van der Waals surface area contributed by atoms with Crippen molar-refractivity contribution in [3.8, 4) is 5.75 Å².